The van der Waals surface area contributed by atoms with Crippen LogP contribution in [0.3, 0.4) is 0 Å². The Labute approximate surface area is 114 Å². The van der Waals surface area contributed by atoms with Crippen LogP contribution in [0.2, 0.25) is 0 Å². The highest BCUT2D eigenvalue weighted by Crippen LogP contribution is 2.22. The Morgan fingerprint density at radius 3 is 2.50 bits per heavy atom. The summed E-state index contributed by atoms with van der Waals surface area (Å²) in [4.78, 5) is 12.5. The van der Waals surface area contributed by atoms with Crippen molar-refractivity contribution >= 4 is 41.0 Å². The van der Waals surface area contributed by atoms with Gasteiger partial charge in [0, 0.05) is 12.7 Å². The van der Waals surface area contributed by atoms with Gasteiger partial charge in [0.15, 0.2) is 3.95 Å². The first-order valence-electron chi connectivity index (χ1n) is 5.32. The number of nitrogens with two attached hydrogens (primary N) is 1. The molecule has 94 valence electrons. The largest absolute Gasteiger partial charge is 0.384 e. The number of aryl methyl sites for hydroxylation is 1. The third-order valence-corrected chi connectivity index (χ3v) is 4.14. The lowest BCUT2D eigenvalue weighted by atomic mass is 10.2. The Morgan fingerprint density at radius 2 is 2.00 bits per heavy atom. The van der Waals surface area contributed by atoms with E-state index < -0.39 is 0 Å². The molecule has 1 aromatic heterocycles. The molecule has 0 radical (unpaired) electrons. The van der Waals surface area contributed by atoms with Crippen LogP contribution < -0.4 is 11.1 Å². The van der Waals surface area contributed by atoms with Gasteiger partial charge in [0.05, 0.1) is 0 Å². The highest BCUT2D eigenvalue weighted by molar-refractivity contribution is 7.73. The van der Waals surface area contributed by atoms with Gasteiger partial charge in [0.1, 0.15) is 10.7 Å². The van der Waals surface area contributed by atoms with Gasteiger partial charge in [-0.25, -0.2) is 0 Å². The number of nitrogen functional groups attached to an aromatic ring is 1. The third-order valence-electron chi connectivity index (χ3n) is 2.57. The molecule has 0 aliphatic carbocycles. The molecule has 2 rings (SSSR count). The summed E-state index contributed by atoms with van der Waals surface area (Å²) < 4.78 is 2.21. The maximum atomic E-state index is 12.0. The number of benzene rings is 1. The molecule has 3 N–H and O–H groups in total. The van der Waals surface area contributed by atoms with Crippen LogP contribution in [0.25, 0.3) is 0 Å². The number of rotatable bonds is 2. The first-order valence-corrected chi connectivity index (χ1v) is 6.55. The third kappa shape index (κ3) is 2.44. The quantitative estimate of drug-likeness (QED) is 0.831. The van der Waals surface area contributed by atoms with Crippen LogP contribution in [0.1, 0.15) is 15.2 Å². The second-order valence-electron chi connectivity index (χ2n) is 3.96. The number of hydrogen-bond donors (Lipinski definition) is 2. The standard InChI is InChI=1S/C12H13N3OS2/c1-7-3-5-8(6-4-7)14-11(16)9-10(13)15(2)12(17)18-9/h3-6H,13H2,1-2H3,(H,14,16). The molecule has 0 unspecified atom stereocenters. The van der Waals surface area contributed by atoms with Gasteiger partial charge in [-0.1, -0.05) is 29.0 Å². The predicted octanol–water partition coefficient (Wildman–Crippen LogP) is 2.96. The van der Waals surface area contributed by atoms with Crippen molar-refractivity contribution in [2.45, 2.75) is 6.92 Å². The van der Waals surface area contributed by atoms with Gasteiger partial charge in [-0.05, 0) is 31.3 Å². The van der Waals surface area contributed by atoms with Crippen molar-refractivity contribution in [3.8, 4) is 0 Å². The summed E-state index contributed by atoms with van der Waals surface area (Å²) in [7, 11) is 1.75. The number of hydrogen-bond acceptors (Lipinski definition) is 4. The molecular formula is C12H13N3OS2. The molecule has 1 heterocycles. The molecule has 4 nitrogen and oxygen atoms in total. The van der Waals surface area contributed by atoms with E-state index in [1.165, 1.54) is 11.3 Å². The van der Waals surface area contributed by atoms with Crippen molar-refractivity contribution < 1.29 is 4.79 Å². The van der Waals surface area contributed by atoms with Crippen LogP contribution in [0.15, 0.2) is 24.3 Å². The molecule has 0 aliphatic rings. The van der Waals surface area contributed by atoms with E-state index in [0.717, 1.165) is 11.3 Å². The van der Waals surface area contributed by atoms with Gasteiger partial charge in [-0.15, -0.1) is 0 Å². The minimum Gasteiger partial charge on any atom is -0.384 e. The van der Waals surface area contributed by atoms with E-state index in [1.807, 2.05) is 31.2 Å². The molecule has 18 heavy (non-hydrogen) atoms. The average molecular weight is 279 g/mol. The summed E-state index contributed by atoms with van der Waals surface area (Å²) in [5.74, 6) is 0.169. The summed E-state index contributed by atoms with van der Waals surface area (Å²) >= 11 is 6.30. The monoisotopic (exact) mass is 279 g/mol. The number of carbonyl (C=O) groups excluding carboxylic acids is 1. The van der Waals surface area contributed by atoms with Crippen molar-refractivity contribution in [2.75, 3.05) is 11.1 Å². The number of carbonyl (C=O) groups is 1. The second-order valence-corrected chi connectivity index (χ2v) is 5.61. The van der Waals surface area contributed by atoms with Crippen LogP contribution in [0, 0.1) is 10.9 Å². The van der Waals surface area contributed by atoms with Crippen molar-refractivity contribution in [3.05, 3.63) is 38.7 Å². The Kier molecular flexibility index (Phi) is 3.49. The van der Waals surface area contributed by atoms with Crippen molar-refractivity contribution in [1.82, 2.24) is 4.57 Å². The van der Waals surface area contributed by atoms with Gasteiger partial charge in [0.2, 0.25) is 0 Å². The van der Waals surface area contributed by atoms with Crippen molar-refractivity contribution in [1.29, 1.82) is 0 Å². The second kappa shape index (κ2) is 4.91. The lowest BCUT2D eigenvalue weighted by molar-refractivity contribution is 0.103. The number of aromatic nitrogens is 1. The van der Waals surface area contributed by atoms with Gasteiger partial charge in [0.25, 0.3) is 5.91 Å². The average Bonchev–Trinajstić information content (AvgIpc) is 2.60. The fraction of sp³-hybridized carbons (Fsp3) is 0.167. The summed E-state index contributed by atoms with van der Waals surface area (Å²) in [6, 6.07) is 7.58. The van der Waals surface area contributed by atoms with Gasteiger partial charge in [-0.3, -0.25) is 4.79 Å². The zero-order valence-corrected chi connectivity index (χ0v) is 11.7. The van der Waals surface area contributed by atoms with E-state index in [-0.39, 0.29) is 5.91 Å². The van der Waals surface area contributed by atoms with Gasteiger partial charge in [-0.2, -0.15) is 0 Å². The van der Waals surface area contributed by atoms with E-state index in [0.29, 0.717) is 14.6 Å². The van der Waals surface area contributed by atoms with E-state index >= 15 is 0 Å². The Balaban J connectivity index is 2.24. The molecule has 0 aliphatic heterocycles. The van der Waals surface area contributed by atoms with Crippen molar-refractivity contribution in [3.63, 3.8) is 0 Å². The number of amides is 1. The minimum absolute atomic E-state index is 0.229. The van der Waals surface area contributed by atoms with E-state index in [9.17, 15) is 4.79 Å². The van der Waals surface area contributed by atoms with Crippen LogP contribution in [-0.2, 0) is 7.05 Å². The molecule has 0 fully saturated rings. The summed E-state index contributed by atoms with van der Waals surface area (Å²) in [6.07, 6.45) is 0. The maximum absolute atomic E-state index is 12.0. The van der Waals surface area contributed by atoms with E-state index in [1.54, 1.807) is 11.6 Å². The highest BCUT2D eigenvalue weighted by atomic mass is 32.1. The molecular weight excluding hydrogens is 266 g/mol. The normalized spacial score (nSPS) is 10.3. The molecule has 1 aromatic carbocycles. The first-order chi connectivity index (χ1) is 8.49. The summed E-state index contributed by atoms with van der Waals surface area (Å²) in [6.45, 7) is 1.99. The smallest absolute Gasteiger partial charge is 0.269 e. The summed E-state index contributed by atoms with van der Waals surface area (Å²) in [5.41, 5.74) is 7.71. The topological polar surface area (TPSA) is 60.0 Å². The fourth-order valence-corrected chi connectivity index (χ4v) is 2.59. The van der Waals surface area contributed by atoms with Gasteiger partial charge < -0.3 is 15.6 Å². The number of thiazole rings is 1. The zero-order chi connectivity index (χ0) is 13.3. The summed E-state index contributed by atoms with van der Waals surface area (Å²) in [5, 5.41) is 2.80. The maximum Gasteiger partial charge on any atom is 0.269 e. The highest BCUT2D eigenvalue weighted by Gasteiger charge is 2.15. The molecule has 0 atom stereocenters. The molecule has 1 amide bonds. The molecule has 0 saturated heterocycles. The number of nitrogens with one attached hydrogen (secondary N) is 1. The van der Waals surface area contributed by atoms with Crippen molar-refractivity contribution in [2.24, 2.45) is 7.05 Å². The first kappa shape index (κ1) is 12.8. The lowest BCUT2D eigenvalue weighted by Crippen LogP contribution is -2.13. The Bertz CT molecular complexity index is 640. The molecule has 0 bridgehead atoms. The van der Waals surface area contributed by atoms with Crippen LogP contribution in [0.4, 0.5) is 11.5 Å². The molecule has 0 saturated carbocycles. The fourth-order valence-electron chi connectivity index (χ4n) is 1.45. The SMILES string of the molecule is Cc1ccc(NC(=O)c2sc(=S)n(C)c2N)cc1. The van der Waals surface area contributed by atoms with Crippen LogP contribution in [0.5, 0.6) is 0 Å². The molecule has 0 spiro atoms. The molecule has 6 heteroatoms. The van der Waals surface area contributed by atoms with Crippen LogP contribution >= 0.6 is 23.6 Å². The van der Waals surface area contributed by atoms with Crippen LogP contribution in [-0.4, -0.2) is 10.5 Å². The predicted molar refractivity (Wildman–Crippen MR) is 77.7 cm³/mol. The number of anilines is 2. The van der Waals surface area contributed by atoms with E-state index in [2.05, 4.69) is 5.32 Å². The number of nitrogens with zero attached hydrogens (tertiary/aromatic N) is 1. The van der Waals surface area contributed by atoms with Gasteiger partial charge >= 0.3 is 0 Å². The molecule has 2 aromatic rings. The minimum atomic E-state index is -0.229. The Morgan fingerprint density at radius 1 is 1.39 bits per heavy atom. The Hall–Kier alpha value is -1.66. The van der Waals surface area contributed by atoms with E-state index in [4.69, 9.17) is 18.0 Å². The lowest BCUT2D eigenvalue weighted by Gasteiger charge is -2.04. The zero-order valence-electron chi connectivity index (χ0n) is 10.1.